The van der Waals surface area contributed by atoms with E-state index in [1.807, 2.05) is 79.7 Å². The first kappa shape index (κ1) is 22.0. The summed E-state index contributed by atoms with van der Waals surface area (Å²) in [6, 6.07) is 26.4. The summed E-state index contributed by atoms with van der Waals surface area (Å²) in [6.45, 7) is 2.06. The van der Waals surface area contributed by atoms with Gasteiger partial charge in [0.1, 0.15) is 0 Å². The van der Waals surface area contributed by atoms with Crippen LogP contribution in [0.25, 0.3) is 6.08 Å². The average Bonchev–Trinajstić information content (AvgIpc) is 2.83. The Balaban J connectivity index is 1.67. The molecule has 3 N–H and O–H groups in total. The Labute approximate surface area is 181 Å². The zero-order chi connectivity index (χ0) is 22.1. The lowest BCUT2D eigenvalue weighted by atomic mass is 9.75. The van der Waals surface area contributed by atoms with Crippen LogP contribution in [0.1, 0.15) is 29.2 Å². The van der Waals surface area contributed by atoms with Crippen LogP contribution in [-0.4, -0.2) is 17.0 Å². The summed E-state index contributed by atoms with van der Waals surface area (Å²) in [5.41, 5.74) is 6.59. The number of amides is 2. The maximum Gasteiger partial charge on any atom is 0.267 e. The van der Waals surface area contributed by atoms with E-state index in [9.17, 15) is 9.59 Å². The summed E-state index contributed by atoms with van der Waals surface area (Å²) < 4.78 is 0. The van der Waals surface area contributed by atoms with E-state index in [-0.39, 0.29) is 12.5 Å². The van der Waals surface area contributed by atoms with Gasteiger partial charge in [-0.1, -0.05) is 84.9 Å². The molecule has 0 aliphatic heterocycles. The average molecular weight is 416 g/mol. The van der Waals surface area contributed by atoms with Gasteiger partial charge in [0, 0.05) is 6.08 Å². The normalized spacial score (nSPS) is 11.3. The lowest BCUT2D eigenvalue weighted by Gasteiger charge is -2.29. The Morgan fingerprint density at radius 3 is 1.97 bits per heavy atom. The summed E-state index contributed by atoms with van der Waals surface area (Å²) in [5, 5.41) is 8.50. The molecule has 3 rings (SSSR count). The van der Waals surface area contributed by atoms with E-state index in [1.54, 1.807) is 18.2 Å². The molecule has 6 heteroatoms. The van der Waals surface area contributed by atoms with Crippen molar-refractivity contribution in [2.75, 3.05) is 0 Å². The molecule has 0 saturated heterocycles. The minimum absolute atomic E-state index is 0.187. The van der Waals surface area contributed by atoms with Crippen molar-refractivity contribution >= 4 is 17.9 Å². The third-order valence-corrected chi connectivity index (χ3v) is 5.08. The lowest BCUT2D eigenvalue weighted by molar-refractivity contribution is -0.138. The van der Waals surface area contributed by atoms with Crippen LogP contribution in [0.3, 0.4) is 0 Å². The standard InChI is InChI=1S/C25H24N2O4/c1-25(21-8-4-2-5-9-21,22-10-6-3-7-11-22)24(29)27-31-18-20-14-12-19(13-15-20)16-17-23(28)26-30/h2-17,30H,18H2,1H3,(H,26,28)(H,27,29)/b17-16+. The Kier molecular flexibility index (Phi) is 7.32. The van der Waals surface area contributed by atoms with Crippen LogP contribution < -0.4 is 11.0 Å². The van der Waals surface area contributed by atoms with Gasteiger partial charge in [0.15, 0.2) is 0 Å². The molecule has 0 bridgehead atoms. The molecule has 0 atom stereocenters. The van der Waals surface area contributed by atoms with Crippen LogP contribution >= 0.6 is 0 Å². The van der Waals surface area contributed by atoms with E-state index < -0.39 is 11.3 Å². The summed E-state index contributed by atoms with van der Waals surface area (Å²) in [5.74, 6) is -0.866. The first-order chi connectivity index (χ1) is 15.0. The number of nitrogens with one attached hydrogen (secondary N) is 2. The third kappa shape index (κ3) is 5.45. The molecule has 0 aliphatic rings. The van der Waals surface area contributed by atoms with Gasteiger partial charge < -0.3 is 0 Å². The fraction of sp³-hybridized carbons (Fsp3) is 0.120. The molecular formula is C25H24N2O4. The van der Waals surface area contributed by atoms with E-state index in [0.717, 1.165) is 22.3 Å². The number of hydroxylamine groups is 2. The molecule has 31 heavy (non-hydrogen) atoms. The van der Waals surface area contributed by atoms with Crippen LogP contribution in [-0.2, 0) is 26.4 Å². The van der Waals surface area contributed by atoms with Gasteiger partial charge in [-0.05, 0) is 35.3 Å². The highest BCUT2D eigenvalue weighted by Gasteiger charge is 2.37. The molecule has 0 saturated carbocycles. The van der Waals surface area contributed by atoms with Gasteiger partial charge in [0.05, 0.1) is 12.0 Å². The molecule has 0 radical (unpaired) electrons. The molecule has 158 valence electrons. The van der Waals surface area contributed by atoms with Crippen LogP contribution in [0.5, 0.6) is 0 Å². The molecule has 0 heterocycles. The number of hydrogen-bond acceptors (Lipinski definition) is 4. The van der Waals surface area contributed by atoms with Gasteiger partial charge in [0.25, 0.3) is 11.8 Å². The minimum Gasteiger partial charge on any atom is -0.288 e. The predicted octanol–water partition coefficient (Wildman–Crippen LogP) is 3.76. The SMILES string of the molecule is CC(C(=O)NOCc1ccc(/C=C/C(=O)NO)cc1)(c1ccccc1)c1ccccc1. The molecule has 0 aliphatic carbocycles. The third-order valence-electron chi connectivity index (χ3n) is 5.08. The second kappa shape index (κ2) is 10.3. The molecule has 3 aromatic carbocycles. The van der Waals surface area contributed by atoms with Crippen molar-refractivity contribution in [3.63, 3.8) is 0 Å². The van der Waals surface area contributed by atoms with E-state index in [2.05, 4.69) is 5.48 Å². The molecule has 3 aromatic rings. The van der Waals surface area contributed by atoms with Crippen molar-refractivity contribution in [3.05, 3.63) is 113 Å². The van der Waals surface area contributed by atoms with E-state index >= 15 is 0 Å². The van der Waals surface area contributed by atoms with E-state index in [1.165, 1.54) is 11.6 Å². The Morgan fingerprint density at radius 2 is 1.45 bits per heavy atom. The zero-order valence-electron chi connectivity index (χ0n) is 17.1. The van der Waals surface area contributed by atoms with Crippen molar-refractivity contribution in [1.82, 2.24) is 11.0 Å². The number of hydrogen-bond donors (Lipinski definition) is 3. The molecule has 0 fully saturated rings. The fourth-order valence-corrected chi connectivity index (χ4v) is 3.19. The van der Waals surface area contributed by atoms with Gasteiger partial charge in [-0.2, -0.15) is 0 Å². The maximum absolute atomic E-state index is 13.2. The second-order valence-electron chi connectivity index (χ2n) is 7.13. The molecule has 6 nitrogen and oxygen atoms in total. The van der Waals surface area contributed by atoms with E-state index in [0.29, 0.717) is 0 Å². The molecule has 2 amide bonds. The van der Waals surface area contributed by atoms with Gasteiger partial charge in [-0.3, -0.25) is 19.6 Å². The number of carbonyl (C=O) groups is 2. The highest BCUT2D eigenvalue weighted by Crippen LogP contribution is 2.32. The highest BCUT2D eigenvalue weighted by molar-refractivity contribution is 5.91. The first-order valence-electron chi connectivity index (χ1n) is 9.78. The Hall–Kier alpha value is -3.74. The number of carbonyl (C=O) groups excluding carboxylic acids is 2. The summed E-state index contributed by atoms with van der Waals surface area (Å²) in [4.78, 5) is 29.7. The van der Waals surface area contributed by atoms with Gasteiger partial charge >= 0.3 is 0 Å². The van der Waals surface area contributed by atoms with Crippen LogP contribution in [0.4, 0.5) is 0 Å². The maximum atomic E-state index is 13.2. The quantitative estimate of drug-likeness (QED) is 0.296. The van der Waals surface area contributed by atoms with Crippen molar-refractivity contribution in [2.24, 2.45) is 0 Å². The van der Waals surface area contributed by atoms with Gasteiger partial charge in [0.2, 0.25) is 0 Å². The topological polar surface area (TPSA) is 87.7 Å². The number of rotatable bonds is 8. The van der Waals surface area contributed by atoms with Crippen LogP contribution in [0.15, 0.2) is 91.0 Å². The zero-order valence-corrected chi connectivity index (χ0v) is 17.1. The first-order valence-corrected chi connectivity index (χ1v) is 9.78. The van der Waals surface area contributed by atoms with Gasteiger partial charge in [-0.25, -0.2) is 11.0 Å². The van der Waals surface area contributed by atoms with Crippen LogP contribution in [0, 0.1) is 0 Å². The second-order valence-corrected chi connectivity index (χ2v) is 7.13. The number of benzene rings is 3. The Morgan fingerprint density at radius 1 is 0.903 bits per heavy atom. The monoisotopic (exact) mass is 416 g/mol. The smallest absolute Gasteiger partial charge is 0.267 e. The van der Waals surface area contributed by atoms with Crippen molar-refractivity contribution in [1.29, 1.82) is 0 Å². The summed E-state index contributed by atoms with van der Waals surface area (Å²) in [7, 11) is 0. The van der Waals surface area contributed by atoms with Crippen molar-refractivity contribution in [3.8, 4) is 0 Å². The Bertz CT molecular complexity index is 993. The minimum atomic E-state index is -0.912. The molecule has 0 unspecified atom stereocenters. The predicted molar refractivity (Wildman–Crippen MR) is 118 cm³/mol. The molecule has 0 spiro atoms. The van der Waals surface area contributed by atoms with E-state index in [4.69, 9.17) is 10.0 Å². The fourth-order valence-electron chi connectivity index (χ4n) is 3.19. The largest absolute Gasteiger partial charge is 0.288 e. The molecular weight excluding hydrogens is 392 g/mol. The van der Waals surface area contributed by atoms with Crippen molar-refractivity contribution < 1.29 is 19.6 Å². The van der Waals surface area contributed by atoms with Gasteiger partial charge in [-0.15, -0.1) is 0 Å². The highest BCUT2D eigenvalue weighted by atomic mass is 16.6. The van der Waals surface area contributed by atoms with Crippen molar-refractivity contribution in [2.45, 2.75) is 18.9 Å². The van der Waals surface area contributed by atoms with Crippen LogP contribution in [0.2, 0.25) is 0 Å². The summed E-state index contributed by atoms with van der Waals surface area (Å²) in [6.07, 6.45) is 2.79. The summed E-state index contributed by atoms with van der Waals surface area (Å²) >= 11 is 0. The lowest BCUT2D eigenvalue weighted by Crippen LogP contribution is -2.43. The molecule has 0 aromatic heterocycles.